The number of amides is 1. The van der Waals surface area contributed by atoms with Gasteiger partial charge in [-0.1, -0.05) is 18.2 Å². The number of hydrogen-bond donors (Lipinski definition) is 1. The molecule has 2 aromatic carbocycles. The summed E-state index contributed by atoms with van der Waals surface area (Å²) in [5.74, 6) is 0.649. The van der Waals surface area contributed by atoms with E-state index >= 15 is 0 Å². The molecule has 2 unspecified atom stereocenters. The summed E-state index contributed by atoms with van der Waals surface area (Å²) in [7, 11) is 1.99. The molecule has 31 heavy (non-hydrogen) atoms. The standard InChI is InChI=1S/C24H26FN5O/c1-3-30-20-7-5-4-6-15(20)11-22(30)23-27-19-10-16(8-9-21(19)28(23)2)24(31)29-13-17(25)12-18(26)14-29/h4-11,17-18H,3,12-14,26H2,1-2H3. The van der Waals surface area contributed by atoms with Gasteiger partial charge in [0.2, 0.25) is 0 Å². The van der Waals surface area contributed by atoms with E-state index in [1.165, 1.54) is 15.8 Å². The third-order valence-corrected chi connectivity index (χ3v) is 6.20. The number of para-hydroxylation sites is 1. The topological polar surface area (TPSA) is 69.1 Å². The number of nitrogens with two attached hydrogens (primary N) is 1. The van der Waals surface area contributed by atoms with E-state index in [0.717, 1.165) is 29.1 Å². The van der Waals surface area contributed by atoms with E-state index < -0.39 is 6.17 Å². The molecule has 7 heteroatoms. The second-order valence-corrected chi connectivity index (χ2v) is 8.33. The van der Waals surface area contributed by atoms with Gasteiger partial charge in [0.05, 0.1) is 23.3 Å². The molecule has 3 heterocycles. The van der Waals surface area contributed by atoms with Crippen LogP contribution in [0, 0.1) is 0 Å². The van der Waals surface area contributed by atoms with Crippen molar-refractivity contribution in [2.24, 2.45) is 12.8 Å². The summed E-state index contributed by atoms with van der Waals surface area (Å²) in [6.45, 7) is 3.42. The molecule has 1 saturated heterocycles. The van der Waals surface area contributed by atoms with Crippen LogP contribution in [0.25, 0.3) is 33.5 Å². The van der Waals surface area contributed by atoms with Crippen LogP contribution in [0.1, 0.15) is 23.7 Å². The Labute approximate surface area is 180 Å². The number of rotatable bonds is 3. The van der Waals surface area contributed by atoms with Crippen molar-refractivity contribution in [2.75, 3.05) is 13.1 Å². The molecule has 160 valence electrons. The highest BCUT2D eigenvalue weighted by molar-refractivity contribution is 5.98. The summed E-state index contributed by atoms with van der Waals surface area (Å²) in [6, 6.07) is 15.6. The molecule has 0 bridgehead atoms. The fourth-order valence-corrected chi connectivity index (χ4v) is 4.72. The van der Waals surface area contributed by atoms with Gasteiger partial charge < -0.3 is 19.8 Å². The van der Waals surface area contributed by atoms with Gasteiger partial charge in [0.25, 0.3) is 5.91 Å². The Bertz CT molecular complexity index is 1280. The number of aromatic nitrogens is 3. The predicted molar refractivity (Wildman–Crippen MR) is 121 cm³/mol. The minimum absolute atomic E-state index is 0.0919. The van der Waals surface area contributed by atoms with E-state index in [2.05, 4.69) is 34.3 Å². The normalized spacial score (nSPS) is 19.4. The van der Waals surface area contributed by atoms with Crippen molar-refractivity contribution < 1.29 is 9.18 Å². The van der Waals surface area contributed by atoms with Gasteiger partial charge in [0.1, 0.15) is 6.17 Å². The summed E-state index contributed by atoms with van der Waals surface area (Å²) in [5, 5.41) is 1.17. The Morgan fingerprint density at radius 2 is 1.97 bits per heavy atom. The number of likely N-dealkylation sites (tertiary alicyclic amines) is 1. The number of nitrogens with zero attached hydrogens (tertiary/aromatic N) is 4. The number of carbonyl (C=O) groups is 1. The van der Waals surface area contributed by atoms with Crippen molar-refractivity contribution in [1.82, 2.24) is 19.0 Å². The number of halogens is 1. The van der Waals surface area contributed by atoms with Gasteiger partial charge in [0, 0.05) is 42.6 Å². The molecule has 5 rings (SSSR count). The van der Waals surface area contributed by atoms with Crippen molar-refractivity contribution in [3.63, 3.8) is 0 Å². The Hall–Kier alpha value is -3.19. The van der Waals surface area contributed by atoms with Crippen molar-refractivity contribution in [3.05, 3.63) is 54.1 Å². The fraction of sp³-hybridized carbons (Fsp3) is 0.333. The Morgan fingerprint density at radius 3 is 2.74 bits per heavy atom. The van der Waals surface area contributed by atoms with Gasteiger partial charge in [-0.05, 0) is 43.7 Å². The SMILES string of the molecule is CCn1c(-c2nc3cc(C(=O)N4CC(N)CC(F)C4)ccc3n2C)cc2ccccc21. The molecule has 1 aliphatic heterocycles. The van der Waals surface area contributed by atoms with E-state index in [4.69, 9.17) is 10.7 Å². The highest BCUT2D eigenvalue weighted by atomic mass is 19.1. The molecule has 1 amide bonds. The number of benzene rings is 2. The minimum atomic E-state index is -1.08. The first-order valence-electron chi connectivity index (χ1n) is 10.7. The Morgan fingerprint density at radius 1 is 1.16 bits per heavy atom. The van der Waals surface area contributed by atoms with Crippen LogP contribution >= 0.6 is 0 Å². The predicted octanol–water partition coefficient (Wildman–Crippen LogP) is 3.73. The summed E-state index contributed by atoms with van der Waals surface area (Å²) < 4.78 is 18.2. The molecule has 0 aliphatic carbocycles. The second-order valence-electron chi connectivity index (χ2n) is 8.33. The van der Waals surface area contributed by atoms with E-state index in [0.29, 0.717) is 18.5 Å². The summed E-state index contributed by atoms with van der Waals surface area (Å²) in [4.78, 5) is 19.4. The molecular formula is C24H26FN5O. The first kappa shape index (κ1) is 19.8. The Kier molecular flexibility index (Phi) is 4.78. The third kappa shape index (κ3) is 3.29. The average molecular weight is 420 g/mol. The van der Waals surface area contributed by atoms with Gasteiger partial charge in [-0.2, -0.15) is 0 Å². The monoisotopic (exact) mass is 419 g/mol. The fourth-order valence-electron chi connectivity index (χ4n) is 4.72. The smallest absolute Gasteiger partial charge is 0.254 e. The average Bonchev–Trinajstić information content (AvgIpc) is 3.29. The zero-order chi connectivity index (χ0) is 21.7. The number of alkyl halides is 1. The number of carbonyl (C=O) groups excluding carboxylic acids is 1. The molecule has 2 aromatic heterocycles. The maximum absolute atomic E-state index is 13.9. The molecule has 0 spiro atoms. The summed E-state index contributed by atoms with van der Waals surface area (Å²) in [6.07, 6.45) is -0.772. The van der Waals surface area contributed by atoms with Crippen LogP contribution in [0.15, 0.2) is 48.5 Å². The quantitative estimate of drug-likeness (QED) is 0.550. The summed E-state index contributed by atoms with van der Waals surface area (Å²) in [5.41, 5.74) is 10.3. The summed E-state index contributed by atoms with van der Waals surface area (Å²) >= 11 is 0. The van der Waals surface area contributed by atoms with Gasteiger partial charge in [0.15, 0.2) is 5.82 Å². The lowest BCUT2D eigenvalue weighted by Gasteiger charge is -2.33. The number of fused-ring (bicyclic) bond motifs is 2. The van der Waals surface area contributed by atoms with Crippen LogP contribution < -0.4 is 5.73 Å². The molecular weight excluding hydrogens is 393 g/mol. The molecule has 0 saturated carbocycles. The number of aryl methyl sites for hydroxylation is 2. The first-order chi connectivity index (χ1) is 15.0. The van der Waals surface area contributed by atoms with Gasteiger partial charge in [-0.25, -0.2) is 9.37 Å². The number of hydrogen-bond acceptors (Lipinski definition) is 3. The maximum Gasteiger partial charge on any atom is 0.254 e. The van der Waals surface area contributed by atoms with Crippen LogP contribution in [0.4, 0.5) is 4.39 Å². The zero-order valence-electron chi connectivity index (χ0n) is 17.8. The third-order valence-electron chi connectivity index (χ3n) is 6.20. The lowest BCUT2D eigenvalue weighted by Crippen LogP contribution is -2.50. The molecule has 0 radical (unpaired) electrons. The zero-order valence-corrected chi connectivity index (χ0v) is 17.8. The van der Waals surface area contributed by atoms with Crippen molar-refractivity contribution in [3.8, 4) is 11.5 Å². The van der Waals surface area contributed by atoms with E-state index in [-0.39, 0.29) is 18.5 Å². The molecule has 1 fully saturated rings. The van der Waals surface area contributed by atoms with Crippen molar-refractivity contribution in [1.29, 1.82) is 0 Å². The lowest BCUT2D eigenvalue weighted by molar-refractivity contribution is 0.0607. The molecule has 4 aromatic rings. The number of imidazole rings is 1. The molecule has 2 atom stereocenters. The van der Waals surface area contributed by atoms with Crippen LogP contribution in [0.2, 0.25) is 0 Å². The lowest BCUT2D eigenvalue weighted by atomic mass is 10.0. The van der Waals surface area contributed by atoms with Crippen LogP contribution in [-0.4, -0.2) is 50.2 Å². The largest absolute Gasteiger partial charge is 0.338 e. The highest BCUT2D eigenvalue weighted by Gasteiger charge is 2.29. The van der Waals surface area contributed by atoms with Gasteiger partial charge >= 0.3 is 0 Å². The second kappa shape index (κ2) is 7.50. The Balaban J connectivity index is 1.56. The maximum atomic E-state index is 13.9. The van der Waals surface area contributed by atoms with Crippen molar-refractivity contribution >= 4 is 27.8 Å². The molecule has 6 nitrogen and oxygen atoms in total. The highest BCUT2D eigenvalue weighted by Crippen LogP contribution is 2.30. The van der Waals surface area contributed by atoms with Crippen molar-refractivity contribution in [2.45, 2.75) is 32.1 Å². The molecule has 2 N–H and O–H groups in total. The first-order valence-corrected chi connectivity index (χ1v) is 10.7. The van der Waals surface area contributed by atoms with Crippen LogP contribution in [-0.2, 0) is 13.6 Å². The van der Waals surface area contributed by atoms with Gasteiger partial charge in [-0.15, -0.1) is 0 Å². The van der Waals surface area contributed by atoms with Gasteiger partial charge in [-0.3, -0.25) is 4.79 Å². The van der Waals surface area contributed by atoms with E-state index in [9.17, 15) is 9.18 Å². The number of piperidine rings is 1. The van der Waals surface area contributed by atoms with Crippen LogP contribution in [0.5, 0.6) is 0 Å². The van der Waals surface area contributed by atoms with E-state index in [1.807, 2.05) is 25.2 Å². The van der Waals surface area contributed by atoms with E-state index in [1.54, 1.807) is 12.1 Å². The van der Waals surface area contributed by atoms with Crippen LogP contribution in [0.3, 0.4) is 0 Å². The molecule has 1 aliphatic rings. The minimum Gasteiger partial charge on any atom is -0.338 e.